The Hall–Kier alpha value is -1.51. The van der Waals surface area contributed by atoms with Crippen molar-refractivity contribution in [2.75, 3.05) is 0 Å². The molecule has 0 unspecified atom stereocenters. The van der Waals surface area contributed by atoms with Crippen LogP contribution in [0, 0.1) is 16.7 Å². The number of furan rings is 1. The standard InChI is InChI=1S/C16H21NO2/c1-11-15(2,3)12-6-7-16(11,9-12)14(18)17-10-13-5-4-8-19-13/h4-5,8,12H,1,6-7,9-10H2,2-3H3,(H,17,18)/t12-,16-/m0/s1. The van der Waals surface area contributed by atoms with Crippen LogP contribution < -0.4 is 5.32 Å². The van der Waals surface area contributed by atoms with E-state index >= 15 is 0 Å². The van der Waals surface area contributed by atoms with Crippen LogP contribution >= 0.6 is 0 Å². The number of hydrogen-bond acceptors (Lipinski definition) is 2. The predicted molar refractivity (Wildman–Crippen MR) is 73.2 cm³/mol. The monoisotopic (exact) mass is 259 g/mol. The van der Waals surface area contributed by atoms with E-state index < -0.39 is 0 Å². The Kier molecular flexibility index (Phi) is 2.63. The van der Waals surface area contributed by atoms with Crippen LogP contribution in [-0.4, -0.2) is 5.91 Å². The second-order valence-corrected chi connectivity index (χ2v) is 6.48. The van der Waals surface area contributed by atoms with Gasteiger partial charge in [0.25, 0.3) is 0 Å². The summed E-state index contributed by atoms with van der Waals surface area (Å²) in [5.74, 6) is 1.53. The van der Waals surface area contributed by atoms with Crippen LogP contribution in [0.2, 0.25) is 0 Å². The minimum atomic E-state index is -0.333. The number of carbonyl (C=O) groups excluding carboxylic acids is 1. The molecular formula is C16H21NO2. The van der Waals surface area contributed by atoms with Crippen LogP contribution in [0.5, 0.6) is 0 Å². The molecule has 102 valence electrons. The molecule has 2 aliphatic carbocycles. The lowest BCUT2D eigenvalue weighted by molar-refractivity contribution is -0.129. The molecule has 3 rings (SSSR count). The van der Waals surface area contributed by atoms with Crippen molar-refractivity contribution in [2.45, 2.75) is 39.7 Å². The van der Waals surface area contributed by atoms with E-state index in [1.54, 1.807) is 6.26 Å². The molecule has 1 aromatic heterocycles. The van der Waals surface area contributed by atoms with E-state index in [4.69, 9.17) is 4.42 Å². The summed E-state index contributed by atoms with van der Waals surface area (Å²) < 4.78 is 5.25. The van der Waals surface area contributed by atoms with E-state index in [1.807, 2.05) is 12.1 Å². The molecule has 0 spiro atoms. The van der Waals surface area contributed by atoms with E-state index in [-0.39, 0.29) is 16.7 Å². The van der Waals surface area contributed by atoms with Crippen LogP contribution in [0.15, 0.2) is 35.0 Å². The number of hydrogen-bond donors (Lipinski definition) is 1. The highest BCUT2D eigenvalue weighted by molar-refractivity contribution is 5.87. The maximum Gasteiger partial charge on any atom is 0.230 e. The van der Waals surface area contributed by atoms with Crippen LogP contribution in [0.25, 0.3) is 0 Å². The first-order valence-corrected chi connectivity index (χ1v) is 6.97. The first-order chi connectivity index (χ1) is 8.97. The summed E-state index contributed by atoms with van der Waals surface area (Å²) >= 11 is 0. The maximum atomic E-state index is 12.6. The number of fused-ring (bicyclic) bond motifs is 2. The predicted octanol–water partition coefficient (Wildman–Crippen LogP) is 3.28. The Morgan fingerprint density at radius 2 is 2.37 bits per heavy atom. The van der Waals surface area contributed by atoms with Gasteiger partial charge in [0.2, 0.25) is 5.91 Å². The quantitative estimate of drug-likeness (QED) is 0.846. The van der Waals surface area contributed by atoms with Crippen LogP contribution in [0.3, 0.4) is 0 Å². The summed E-state index contributed by atoms with van der Waals surface area (Å²) in [6.45, 7) is 9.15. The third kappa shape index (κ3) is 1.67. The maximum absolute atomic E-state index is 12.6. The zero-order valence-electron chi connectivity index (χ0n) is 11.7. The van der Waals surface area contributed by atoms with E-state index in [1.165, 1.54) is 0 Å². The van der Waals surface area contributed by atoms with Crippen LogP contribution in [0.1, 0.15) is 38.9 Å². The number of amides is 1. The lowest BCUT2D eigenvalue weighted by Crippen LogP contribution is -2.41. The molecule has 2 fully saturated rings. The Labute approximate surface area is 114 Å². The van der Waals surface area contributed by atoms with Crippen LogP contribution in [0.4, 0.5) is 0 Å². The van der Waals surface area contributed by atoms with Gasteiger partial charge in [-0.15, -0.1) is 0 Å². The molecule has 3 nitrogen and oxygen atoms in total. The van der Waals surface area contributed by atoms with E-state index in [9.17, 15) is 4.79 Å². The summed E-state index contributed by atoms with van der Waals surface area (Å²) in [6.07, 6.45) is 4.68. The summed E-state index contributed by atoms with van der Waals surface area (Å²) in [6, 6.07) is 3.71. The number of rotatable bonds is 3. The van der Waals surface area contributed by atoms with Crippen molar-refractivity contribution >= 4 is 5.91 Å². The fourth-order valence-electron chi connectivity index (χ4n) is 3.89. The molecular weight excluding hydrogens is 238 g/mol. The second kappa shape index (κ2) is 3.99. The third-order valence-electron chi connectivity index (χ3n) is 5.33. The highest BCUT2D eigenvalue weighted by atomic mass is 16.3. The van der Waals surface area contributed by atoms with Crippen molar-refractivity contribution < 1.29 is 9.21 Å². The van der Waals surface area contributed by atoms with Gasteiger partial charge >= 0.3 is 0 Å². The molecule has 0 saturated heterocycles. The molecule has 1 heterocycles. The van der Waals surface area contributed by atoms with Gasteiger partial charge in [0, 0.05) is 0 Å². The SMILES string of the molecule is C=C1C(C)(C)[C@H]2CC[C@]1(C(=O)NCc1ccco1)C2. The fraction of sp³-hybridized carbons (Fsp3) is 0.562. The van der Waals surface area contributed by atoms with Crippen LogP contribution in [-0.2, 0) is 11.3 Å². The molecule has 2 atom stereocenters. The molecule has 1 N–H and O–H groups in total. The molecule has 2 aliphatic rings. The topological polar surface area (TPSA) is 42.2 Å². The van der Waals surface area contributed by atoms with Crippen molar-refractivity contribution in [3.63, 3.8) is 0 Å². The van der Waals surface area contributed by atoms with Gasteiger partial charge in [-0.2, -0.15) is 0 Å². The second-order valence-electron chi connectivity index (χ2n) is 6.48. The van der Waals surface area contributed by atoms with Gasteiger partial charge in [-0.3, -0.25) is 4.79 Å². The molecule has 2 bridgehead atoms. The van der Waals surface area contributed by atoms with E-state index in [0.717, 1.165) is 30.6 Å². The highest BCUT2D eigenvalue weighted by Gasteiger charge is 2.60. The lowest BCUT2D eigenvalue weighted by atomic mass is 9.68. The molecule has 2 saturated carbocycles. The van der Waals surface area contributed by atoms with Crippen molar-refractivity contribution in [1.82, 2.24) is 5.32 Å². The van der Waals surface area contributed by atoms with Gasteiger partial charge in [-0.1, -0.05) is 26.0 Å². The Morgan fingerprint density at radius 1 is 1.58 bits per heavy atom. The smallest absolute Gasteiger partial charge is 0.230 e. The first-order valence-electron chi connectivity index (χ1n) is 6.97. The van der Waals surface area contributed by atoms with E-state index in [0.29, 0.717) is 12.5 Å². The molecule has 0 radical (unpaired) electrons. The average molecular weight is 259 g/mol. The zero-order valence-corrected chi connectivity index (χ0v) is 11.7. The summed E-state index contributed by atoms with van der Waals surface area (Å²) in [4.78, 5) is 12.6. The van der Waals surface area contributed by atoms with Gasteiger partial charge in [-0.05, 0) is 42.7 Å². The largest absolute Gasteiger partial charge is 0.467 e. The molecule has 3 heteroatoms. The van der Waals surface area contributed by atoms with E-state index in [2.05, 4.69) is 25.7 Å². The van der Waals surface area contributed by atoms with Gasteiger partial charge in [0.05, 0.1) is 18.2 Å². The first kappa shape index (κ1) is 12.5. The molecule has 0 aliphatic heterocycles. The Balaban J connectivity index is 1.75. The minimum Gasteiger partial charge on any atom is -0.467 e. The van der Waals surface area contributed by atoms with Crippen molar-refractivity contribution in [3.8, 4) is 0 Å². The summed E-state index contributed by atoms with van der Waals surface area (Å²) in [7, 11) is 0. The van der Waals surface area contributed by atoms with Gasteiger partial charge < -0.3 is 9.73 Å². The molecule has 1 aromatic rings. The average Bonchev–Trinajstić information content (AvgIpc) is 3.07. The summed E-state index contributed by atoms with van der Waals surface area (Å²) in [5.41, 5.74) is 0.884. The Bertz CT molecular complexity index is 515. The highest BCUT2D eigenvalue weighted by Crippen LogP contribution is 2.65. The fourth-order valence-corrected chi connectivity index (χ4v) is 3.89. The van der Waals surface area contributed by atoms with Gasteiger partial charge in [-0.25, -0.2) is 0 Å². The zero-order chi connectivity index (χ0) is 13.7. The van der Waals surface area contributed by atoms with Crippen molar-refractivity contribution in [1.29, 1.82) is 0 Å². The number of carbonyl (C=O) groups is 1. The Morgan fingerprint density at radius 3 is 2.95 bits per heavy atom. The molecule has 19 heavy (non-hydrogen) atoms. The minimum absolute atomic E-state index is 0.0975. The van der Waals surface area contributed by atoms with Crippen molar-refractivity contribution in [2.24, 2.45) is 16.7 Å². The lowest BCUT2D eigenvalue weighted by Gasteiger charge is -2.37. The number of nitrogens with one attached hydrogen (secondary N) is 1. The van der Waals surface area contributed by atoms with Gasteiger partial charge in [0.15, 0.2) is 0 Å². The van der Waals surface area contributed by atoms with Crippen molar-refractivity contribution in [3.05, 3.63) is 36.3 Å². The molecule has 0 aromatic carbocycles. The summed E-state index contributed by atoms with van der Waals surface area (Å²) in [5, 5.41) is 3.02. The molecule has 1 amide bonds. The third-order valence-corrected chi connectivity index (χ3v) is 5.33. The normalized spacial score (nSPS) is 31.7. The van der Waals surface area contributed by atoms with Gasteiger partial charge in [0.1, 0.15) is 5.76 Å².